The summed E-state index contributed by atoms with van der Waals surface area (Å²) in [5, 5.41) is 0. The maximum Gasteiger partial charge on any atom is 0.157 e. The molecule has 2 nitrogen and oxygen atoms in total. The maximum absolute atomic E-state index is 5.22. The third-order valence-electron chi connectivity index (χ3n) is 2.47. The Labute approximate surface area is 87.2 Å². The van der Waals surface area contributed by atoms with E-state index in [0.29, 0.717) is 0 Å². The molecule has 0 bridgehead atoms. The zero-order valence-electron chi connectivity index (χ0n) is 9.55. The summed E-state index contributed by atoms with van der Waals surface area (Å²) in [5.41, 5.74) is 1.19. The van der Waals surface area contributed by atoms with Crippen molar-refractivity contribution < 1.29 is 4.74 Å². The number of epoxide rings is 1. The lowest BCUT2D eigenvalue weighted by Gasteiger charge is -2.23. The lowest BCUT2D eigenvalue weighted by molar-refractivity contribution is 0.336. The van der Waals surface area contributed by atoms with Crippen molar-refractivity contribution in [2.75, 3.05) is 19.7 Å². The first kappa shape index (κ1) is 11.2. The van der Waals surface area contributed by atoms with E-state index in [0.717, 1.165) is 31.4 Å². The lowest BCUT2D eigenvalue weighted by atomic mass is 10.1. The van der Waals surface area contributed by atoms with Gasteiger partial charge in [0.05, 0.1) is 5.70 Å². The minimum atomic E-state index is 0.750. The highest BCUT2D eigenvalue weighted by Gasteiger charge is 2.21. The van der Waals surface area contributed by atoms with E-state index in [1.807, 2.05) is 6.08 Å². The molecule has 0 N–H and O–H groups in total. The number of likely N-dealkylation sites (N-methyl/N-ethyl adjacent to an activating group) is 1. The van der Waals surface area contributed by atoms with Crippen molar-refractivity contribution in [3.63, 3.8) is 0 Å². The molecule has 0 saturated carbocycles. The van der Waals surface area contributed by atoms with Crippen LogP contribution in [0.4, 0.5) is 0 Å². The average molecular weight is 195 g/mol. The normalized spacial score (nSPS) is 17.7. The number of hydrogen-bond acceptors (Lipinski definition) is 2. The Morgan fingerprint density at radius 3 is 2.64 bits per heavy atom. The van der Waals surface area contributed by atoms with Crippen LogP contribution in [0.2, 0.25) is 0 Å². The molecule has 2 heteroatoms. The Balaban J connectivity index is 2.52. The van der Waals surface area contributed by atoms with Crippen LogP contribution >= 0.6 is 0 Å². The van der Waals surface area contributed by atoms with E-state index >= 15 is 0 Å². The van der Waals surface area contributed by atoms with Gasteiger partial charge in [-0.05, 0) is 25.3 Å². The van der Waals surface area contributed by atoms with Crippen LogP contribution in [0.3, 0.4) is 0 Å². The quantitative estimate of drug-likeness (QED) is 0.606. The van der Waals surface area contributed by atoms with E-state index < -0.39 is 0 Å². The van der Waals surface area contributed by atoms with Crippen molar-refractivity contribution in [3.8, 4) is 0 Å². The van der Waals surface area contributed by atoms with Crippen LogP contribution in [0.25, 0.3) is 0 Å². The van der Waals surface area contributed by atoms with Crippen molar-refractivity contribution in [1.82, 2.24) is 4.90 Å². The van der Waals surface area contributed by atoms with Crippen LogP contribution in [0, 0.1) is 5.92 Å². The fourth-order valence-electron chi connectivity index (χ4n) is 1.47. The lowest BCUT2D eigenvalue weighted by Crippen LogP contribution is -2.24. The van der Waals surface area contributed by atoms with Gasteiger partial charge in [0.25, 0.3) is 0 Å². The summed E-state index contributed by atoms with van der Waals surface area (Å²) < 4.78 is 5.22. The SMILES string of the molecule is C=CC(=C1CO1)N(CC)CCC(C)C. The summed E-state index contributed by atoms with van der Waals surface area (Å²) in [5.74, 6) is 1.85. The van der Waals surface area contributed by atoms with Gasteiger partial charge < -0.3 is 9.64 Å². The molecule has 0 spiro atoms. The van der Waals surface area contributed by atoms with Crippen molar-refractivity contribution in [2.24, 2.45) is 5.92 Å². The zero-order chi connectivity index (χ0) is 10.6. The van der Waals surface area contributed by atoms with Gasteiger partial charge in [-0.25, -0.2) is 0 Å². The molecule has 1 saturated heterocycles. The first-order valence-electron chi connectivity index (χ1n) is 5.42. The Bertz CT molecular complexity index is 224. The molecule has 0 amide bonds. The summed E-state index contributed by atoms with van der Waals surface area (Å²) in [6.45, 7) is 13.4. The number of nitrogens with zero attached hydrogens (tertiary/aromatic N) is 1. The molecule has 0 radical (unpaired) electrons. The van der Waals surface area contributed by atoms with Gasteiger partial charge in [-0.2, -0.15) is 0 Å². The minimum Gasteiger partial charge on any atom is -0.484 e. The van der Waals surface area contributed by atoms with Crippen LogP contribution in [-0.2, 0) is 4.74 Å². The molecule has 0 aromatic rings. The van der Waals surface area contributed by atoms with Crippen LogP contribution < -0.4 is 0 Å². The molecule has 1 heterocycles. The van der Waals surface area contributed by atoms with Gasteiger partial charge in [0.2, 0.25) is 0 Å². The fraction of sp³-hybridized carbons (Fsp3) is 0.667. The van der Waals surface area contributed by atoms with Gasteiger partial charge in [0.15, 0.2) is 5.76 Å². The predicted molar refractivity (Wildman–Crippen MR) is 59.9 cm³/mol. The highest BCUT2D eigenvalue weighted by Crippen LogP contribution is 2.23. The molecule has 1 fully saturated rings. The Hall–Kier alpha value is -0.920. The van der Waals surface area contributed by atoms with Crippen LogP contribution in [-0.4, -0.2) is 24.6 Å². The maximum atomic E-state index is 5.22. The van der Waals surface area contributed by atoms with E-state index in [1.165, 1.54) is 12.1 Å². The van der Waals surface area contributed by atoms with Crippen molar-refractivity contribution in [1.29, 1.82) is 0 Å². The van der Waals surface area contributed by atoms with Gasteiger partial charge in [0.1, 0.15) is 6.61 Å². The molecular formula is C12H21NO. The van der Waals surface area contributed by atoms with E-state index in [4.69, 9.17) is 4.74 Å². The second kappa shape index (κ2) is 5.08. The fourth-order valence-corrected chi connectivity index (χ4v) is 1.47. The zero-order valence-corrected chi connectivity index (χ0v) is 9.55. The smallest absolute Gasteiger partial charge is 0.157 e. The number of ether oxygens (including phenoxy) is 1. The highest BCUT2D eigenvalue weighted by molar-refractivity contribution is 5.25. The molecule has 14 heavy (non-hydrogen) atoms. The van der Waals surface area contributed by atoms with Gasteiger partial charge in [-0.3, -0.25) is 0 Å². The number of hydrogen-bond donors (Lipinski definition) is 0. The molecule has 0 aromatic heterocycles. The summed E-state index contributed by atoms with van der Waals surface area (Å²) >= 11 is 0. The van der Waals surface area contributed by atoms with Gasteiger partial charge >= 0.3 is 0 Å². The van der Waals surface area contributed by atoms with Crippen molar-refractivity contribution >= 4 is 0 Å². The van der Waals surface area contributed by atoms with Crippen molar-refractivity contribution in [3.05, 3.63) is 24.1 Å². The second-order valence-electron chi connectivity index (χ2n) is 4.06. The third-order valence-corrected chi connectivity index (χ3v) is 2.47. The molecule has 1 aliphatic heterocycles. The Kier molecular flexibility index (Phi) is 4.05. The molecule has 80 valence electrons. The molecule has 0 unspecified atom stereocenters. The molecule has 0 atom stereocenters. The van der Waals surface area contributed by atoms with Crippen LogP contribution in [0.15, 0.2) is 24.1 Å². The Morgan fingerprint density at radius 1 is 1.64 bits per heavy atom. The predicted octanol–water partition coefficient (Wildman–Crippen LogP) is 2.78. The third kappa shape index (κ3) is 3.09. The minimum absolute atomic E-state index is 0.750. The second-order valence-corrected chi connectivity index (χ2v) is 4.06. The Morgan fingerprint density at radius 2 is 2.29 bits per heavy atom. The first-order valence-corrected chi connectivity index (χ1v) is 5.42. The molecular weight excluding hydrogens is 174 g/mol. The van der Waals surface area contributed by atoms with Crippen molar-refractivity contribution in [2.45, 2.75) is 27.2 Å². The number of rotatable bonds is 6. The van der Waals surface area contributed by atoms with Crippen LogP contribution in [0.1, 0.15) is 27.2 Å². The molecule has 1 rings (SSSR count). The summed E-state index contributed by atoms with van der Waals surface area (Å²) in [6.07, 6.45) is 3.13. The van der Waals surface area contributed by atoms with E-state index in [1.54, 1.807) is 0 Å². The summed E-state index contributed by atoms with van der Waals surface area (Å²) in [4.78, 5) is 2.34. The van der Waals surface area contributed by atoms with E-state index in [-0.39, 0.29) is 0 Å². The summed E-state index contributed by atoms with van der Waals surface area (Å²) in [6, 6.07) is 0. The van der Waals surface area contributed by atoms with Crippen LogP contribution in [0.5, 0.6) is 0 Å². The largest absolute Gasteiger partial charge is 0.484 e. The standard InChI is InChI=1S/C12H21NO/c1-5-11(12-9-14-12)13(6-2)8-7-10(3)4/h5,10H,1,6-9H2,2-4H3. The van der Waals surface area contributed by atoms with Gasteiger partial charge in [0, 0.05) is 13.1 Å². The number of allylic oxidation sites excluding steroid dienone is 1. The first-order chi connectivity index (χ1) is 6.69. The molecule has 1 aliphatic rings. The van der Waals surface area contributed by atoms with Gasteiger partial charge in [-0.15, -0.1) is 0 Å². The molecule has 0 aliphatic carbocycles. The summed E-state index contributed by atoms with van der Waals surface area (Å²) in [7, 11) is 0. The van der Waals surface area contributed by atoms with E-state index in [2.05, 4.69) is 32.3 Å². The average Bonchev–Trinajstić information content (AvgIpc) is 2.95. The monoisotopic (exact) mass is 195 g/mol. The topological polar surface area (TPSA) is 15.8 Å². The van der Waals surface area contributed by atoms with E-state index in [9.17, 15) is 0 Å². The molecule has 0 aromatic carbocycles. The highest BCUT2D eigenvalue weighted by atomic mass is 16.6. The van der Waals surface area contributed by atoms with Gasteiger partial charge in [-0.1, -0.05) is 20.4 Å².